The highest BCUT2D eigenvalue weighted by Crippen LogP contribution is 2.38. The lowest BCUT2D eigenvalue weighted by molar-refractivity contribution is 1.07. The van der Waals surface area contributed by atoms with Crippen molar-refractivity contribution in [3.8, 4) is 39.8 Å². The molecule has 7 nitrogen and oxygen atoms in total. The number of benzene rings is 5. The zero-order valence-electron chi connectivity index (χ0n) is 26.2. The summed E-state index contributed by atoms with van der Waals surface area (Å²) in [4.78, 5) is 8.87. The van der Waals surface area contributed by atoms with E-state index in [2.05, 4.69) is 145 Å². The van der Waals surface area contributed by atoms with Crippen LogP contribution in [0, 0.1) is 0 Å². The topological polar surface area (TPSA) is 66.3 Å². The van der Waals surface area contributed by atoms with E-state index < -0.39 is 0 Å². The number of hydrogen-bond donors (Lipinski definition) is 0. The number of aromatic nitrogens is 7. The van der Waals surface area contributed by atoms with Crippen LogP contribution in [-0.2, 0) is 0 Å². The van der Waals surface area contributed by atoms with Crippen molar-refractivity contribution in [2.24, 2.45) is 0 Å². The number of rotatable bonds is 5. The number of fused-ring (bicyclic) bond motifs is 6. The van der Waals surface area contributed by atoms with E-state index in [1.165, 1.54) is 21.5 Å². The summed E-state index contributed by atoms with van der Waals surface area (Å²) in [5, 5.41) is 14.5. The van der Waals surface area contributed by atoms with Gasteiger partial charge in [-0.2, -0.15) is 0 Å². The van der Waals surface area contributed by atoms with E-state index in [0.717, 1.165) is 61.9 Å². The summed E-state index contributed by atoms with van der Waals surface area (Å²) in [6.45, 7) is 0. The molecule has 0 spiro atoms. The quantitative estimate of drug-likeness (QED) is 0.190. The van der Waals surface area contributed by atoms with Gasteiger partial charge in [-0.3, -0.25) is 14.5 Å². The second-order valence-corrected chi connectivity index (χ2v) is 12.1. The average molecular weight is 630 g/mol. The molecule has 5 aromatic carbocycles. The molecule has 0 unspecified atom stereocenters. The lowest BCUT2D eigenvalue weighted by atomic mass is 10.1. The van der Waals surface area contributed by atoms with E-state index in [4.69, 9.17) is 10.2 Å². The molecule has 7 heteroatoms. The Labute approximate surface area is 281 Å². The van der Waals surface area contributed by atoms with Crippen molar-refractivity contribution in [1.82, 2.24) is 33.9 Å². The van der Waals surface area contributed by atoms with Gasteiger partial charge in [0.15, 0.2) is 11.6 Å². The summed E-state index contributed by atoms with van der Waals surface area (Å²) in [7, 11) is 0. The predicted octanol–water partition coefficient (Wildman–Crippen LogP) is 9.59. The van der Waals surface area contributed by atoms with Crippen LogP contribution in [0.1, 0.15) is 0 Å². The minimum Gasteiger partial charge on any atom is -0.308 e. The first-order valence-electron chi connectivity index (χ1n) is 16.2. The third-order valence-electron chi connectivity index (χ3n) is 9.35. The van der Waals surface area contributed by atoms with Gasteiger partial charge >= 0.3 is 0 Å². The molecule has 0 aliphatic rings. The third kappa shape index (κ3) is 4.22. The van der Waals surface area contributed by atoms with Crippen LogP contribution >= 0.6 is 0 Å². The molecule has 0 atom stereocenters. The van der Waals surface area contributed by atoms with E-state index in [-0.39, 0.29) is 0 Å². The van der Waals surface area contributed by atoms with Gasteiger partial charge in [-0.25, -0.2) is 0 Å². The summed E-state index contributed by atoms with van der Waals surface area (Å²) in [5.41, 5.74) is 9.36. The Morgan fingerprint density at radius 3 is 1.29 bits per heavy atom. The van der Waals surface area contributed by atoms with Crippen molar-refractivity contribution < 1.29 is 0 Å². The minimum absolute atomic E-state index is 0.763. The molecule has 5 aromatic heterocycles. The maximum absolute atomic E-state index is 4.88. The highest BCUT2D eigenvalue weighted by atomic mass is 15.3. The Kier molecular flexibility index (Phi) is 6.04. The van der Waals surface area contributed by atoms with E-state index in [1.54, 1.807) is 12.4 Å². The molecule has 0 aliphatic heterocycles. The predicted molar refractivity (Wildman–Crippen MR) is 196 cm³/mol. The van der Waals surface area contributed by atoms with Crippen molar-refractivity contribution in [3.05, 3.63) is 164 Å². The molecule has 0 saturated heterocycles. The Balaban J connectivity index is 1.22. The highest BCUT2D eigenvalue weighted by molar-refractivity contribution is 6.11. The zero-order valence-corrected chi connectivity index (χ0v) is 26.2. The highest BCUT2D eigenvalue weighted by Gasteiger charge is 2.21. The molecule has 0 bridgehead atoms. The summed E-state index contributed by atoms with van der Waals surface area (Å²) >= 11 is 0. The fourth-order valence-corrected chi connectivity index (χ4v) is 7.23. The van der Waals surface area contributed by atoms with Crippen LogP contribution in [0.4, 0.5) is 0 Å². The van der Waals surface area contributed by atoms with Crippen molar-refractivity contribution in [2.45, 2.75) is 0 Å². The van der Waals surface area contributed by atoms with E-state index in [0.29, 0.717) is 0 Å². The average Bonchev–Trinajstić information content (AvgIpc) is 3.86. The molecule has 0 radical (unpaired) electrons. The lowest BCUT2D eigenvalue weighted by Crippen LogP contribution is -2.01. The van der Waals surface area contributed by atoms with E-state index in [1.807, 2.05) is 30.6 Å². The number of para-hydroxylation sites is 3. The molecule has 0 amide bonds. The molecule has 5 heterocycles. The fourth-order valence-electron chi connectivity index (χ4n) is 7.23. The summed E-state index contributed by atoms with van der Waals surface area (Å²) in [5.74, 6) is 1.53. The van der Waals surface area contributed by atoms with Gasteiger partial charge in [-0.15, -0.1) is 10.2 Å². The molecule has 0 N–H and O–H groups in total. The van der Waals surface area contributed by atoms with Crippen molar-refractivity contribution in [1.29, 1.82) is 0 Å². The largest absolute Gasteiger partial charge is 0.308 e. The molecular weight excluding hydrogens is 603 g/mol. The van der Waals surface area contributed by atoms with E-state index in [9.17, 15) is 0 Å². The van der Waals surface area contributed by atoms with Gasteiger partial charge in [0, 0.05) is 50.8 Å². The normalized spacial score (nSPS) is 11.7. The maximum Gasteiger partial charge on any atom is 0.168 e. The summed E-state index contributed by atoms with van der Waals surface area (Å²) < 4.78 is 6.71. The molecule has 0 saturated carbocycles. The summed E-state index contributed by atoms with van der Waals surface area (Å²) in [6, 6.07) is 48.6. The van der Waals surface area contributed by atoms with Gasteiger partial charge in [-0.1, -0.05) is 78.9 Å². The molecule has 0 aliphatic carbocycles. The fraction of sp³-hybridized carbons (Fsp3) is 0. The minimum atomic E-state index is 0.763. The molecule has 230 valence electrons. The van der Waals surface area contributed by atoms with Crippen LogP contribution in [0.5, 0.6) is 0 Å². The van der Waals surface area contributed by atoms with Crippen LogP contribution < -0.4 is 0 Å². The standard InChI is InChI=1S/C42H27N7/c1-2-10-30(11-3-1)49-41(28-18-20-35-33-14-4-6-16-37(33)47(39(35)24-28)31-12-8-22-43-26-31)45-46-42(49)29-19-21-36-34-15-5-7-17-38(34)48(40(36)25-29)32-13-9-23-44-27-32/h1-27H. The molecular formula is C42H27N7. The van der Waals surface area contributed by atoms with Gasteiger partial charge in [-0.05, 0) is 60.7 Å². The van der Waals surface area contributed by atoms with Gasteiger partial charge in [0.05, 0.1) is 45.8 Å². The van der Waals surface area contributed by atoms with Crippen LogP contribution in [0.25, 0.3) is 83.4 Å². The third-order valence-corrected chi connectivity index (χ3v) is 9.35. The summed E-state index contributed by atoms with van der Waals surface area (Å²) in [6.07, 6.45) is 7.43. The van der Waals surface area contributed by atoms with Crippen molar-refractivity contribution in [2.75, 3.05) is 0 Å². The monoisotopic (exact) mass is 629 g/mol. The second-order valence-electron chi connectivity index (χ2n) is 12.1. The molecule has 10 rings (SSSR count). The Morgan fingerprint density at radius 2 is 0.796 bits per heavy atom. The van der Waals surface area contributed by atoms with Gasteiger partial charge in [0.1, 0.15) is 0 Å². The Morgan fingerprint density at radius 1 is 0.347 bits per heavy atom. The number of hydrogen-bond acceptors (Lipinski definition) is 4. The maximum atomic E-state index is 4.88. The SMILES string of the molecule is c1ccc(-n2c(-c3ccc4c5ccccc5n(-c5cccnc5)c4c3)nnc2-c2ccc3c4ccccc4n(-c4cccnc4)c3c2)cc1. The lowest BCUT2D eigenvalue weighted by Gasteiger charge is -2.12. The van der Waals surface area contributed by atoms with Crippen LogP contribution in [-0.4, -0.2) is 33.9 Å². The molecule has 10 aromatic rings. The Bertz CT molecular complexity index is 2640. The van der Waals surface area contributed by atoms with Gasteiger partial charge in [0.25, 0.3) is 0 Å². The van der Waals surface area contributed by atoms with Crippen LogP contribution in [0.2, 0.25) is 0 Å². The first-order valence-corrected chi connectivity index (χ1v) is 16.2. The second kappa shape index (κ2) is 10.9. The smallest absolute Gasteiger partial charge is 0.168 e. The molecule has 0 fully saturated rings. The zero-order chi connectivity index (χ0) is 32.3. The first-order chi connectivity index (χ1) is 24.3. The molecule has 49 heavy (non-hydrogen) atoms. The van der Waals surface area contributed by atoms with Gasteiger partial charge in [0.2, 0.25) is 0 Å². The van der Waals surface area contributed by atoms with E-state index >= 15 is 0 Å². The van der Waals surface area contributed by atoms with Gasteiger partial charge < -0.3 is 9.13 Å². The van der Waals surface area contributed by atoms with Crippen LogP contribution in [0.15, 0.2) is 164 Å². The van der Waals surface area contributed by atoms with Crippen LogP contribution in [0.3, 0.4) is 0 Å². The number of pyridine rings is 2. The number of nitrogens with zero attached hydrogens (tertiary/aromatic N) is 7. The first kappa shape index (κ1) is 27.3. The van der Waals surface area contributed by atoms with Crippen molar-refractivity contribution >= 4 is 43.6 Å². The van der Waals surface area contributed by atoms with Crippen molar-refractivity contribution in [3.63, 3.8) is 0 Å². The Hall–Kier alpha value is -6.86.